The number of aliphatic hydroxyl groups excluding tert-OH is 1. The van der Waals surface area contributed by atoms with Gasteiger partial charge in [-0.1, -0.05) is 68.4 Å². The van der Waals surface area contributed by atoms with Crippen LogP contribution in [0.3, 0.4) is 0 Å². The Bertz CT molecular complexity index is 1080. The number of amides is 1. The predicted molar refractivity (Wildman–Crippen MR) is 114 cm³/mol. The Hall–Kier alpha value is -3.60. The Labute approximate surface area is 175 Å². The van der Waals surface area contributed by atoms with Crippen molar-refractivity contribution < 1.29 is 19.1 Å². The number of carbonyl (C=O) groups excluding carboxylic acids is 2. The maximum atomic E-state index is 13.0. The molecule has 1 aliphatic rings. The SMILES string of the molecule is CC(C)c1ccc([C@@H]2C(=C(O)c3ccccc3)C(=O)C(=O)N2Cc2ccco2)cc1. The lowest BCUT2D eigenvalue weighted by atomic mass is 9.93. The number of hydrogen-bond donors (Lipinski definition) is 1. The molecule has 0 radical (unpaired) electrons. The van der Waals surface area contributed by atoms with Crippen LogP contribution in [0, 0.1) is 0 Å². The average molecular weight is 401 g/mol. The normalized spacial score (nSPS) is 18.4. The standard InChI is InChI=1S/C25H23NO4/c1-16(2)17-10-12-18(13-11-17)22-21(23(27)19-7-4-3-5-8-19)24(28)25(29)26(22)15-20-9-6-14-30-20/h3-14,16,22,27H,15H2,1-2H3/t22-/m1/s1. The number of carbonyl (C=O) groups is 2. The van der Waals surface area contributed by atoms with E-state index in [1.165, 1.54) is 11.2 Å². The Morgan fingerprint density at radius 3 is 2.30 bits per heavy atom. The molecule has 1 atom stereocenters. The van der Waals surface area contributed by atoms with Gasteiger partial charge >= 0.3 is 0 Å². The van der Waals surface area contributed by atoms with Crippen molar-refractivity contribution in [1.82, 2.24) is 4.90 Å². The van der Waals surface area contributed by atoms with Gasteiger partial charge in [-0.2, -0.15) is 0 Å². The molecule has 3 aromatic rings. The highest BCUT2D eigenvalue weighted by Crippen LogP contribution is 2.40. The molecule has 0 aliphatic carbocycles. The van der Waals surface area contributed by atoms with Gasteiger partial charge in [0.05, 0.1) is 24.4 Å². The molecule has 5 nitrogen and oxygen atoms in total. The smallest absolute Gasteiger partial charge is 0.296 e. The molecule has 30 heavy (non-hydrogen) atoms. The highest BCUT2D eigenvalue weighted by atomic mass is 16.3. The molecule has 1 amide bonds. The summed E-state index contributed by atoms with van der Waals surface area (Å²) in [7, 11) is 0. The minimum Gasteiger partial charge on any atom is -0.507 e. The average Bonchev–Trinajstić information content (AvgIpc) is 3.36. The first-order chi connectivity index (χ1) is 14.5. The molecule has 4 rings (SSSR count). The van der Waals surface area contributed by atoms with E-state index in [-0.39, 0.29) is 17.9 Å². The predicted octanol–water partition coefficient (Wildman–Crippen LogP) is 5.02. The van der Waals surface area contributed by atoms with Gasteiger partial charge in [0.1, 0.15) is 11.5 Å². The third-order valence-corrected chi connectivity index (χ3v) is 5.41. The number of rotatable bonds is 5. The van der Waals surface area contributed by atoms with Crippen molar-refractivity contribution in [2.24, 2.45) is 0 Å². The number of Topliss-reactive ketones (excluding diaryl/α,β-unsaturated/α-hetero) is 1. The molecule has 1 fully saturated rings. The summed E-state index contributed by atoms with van der Waals surface area (Å²) in [5, 5.41) is 11.0. The molecule has 2 heterocycles. The summed E-state index contributed by atoms with van der Waals surface area (Å²) in [6.45, 7) is 4.35. The quantitative estimate of drug-likeness (QED) is 0.370. The Morgan fingerprint density at radius 2 is 1.70 bits per heavy atom. The minimum absolute atomic E-state index is 0.0926. The Kier molecular flexibility index (Phi) is 5.27. The van der Waals surface area contributed by atoms with E-state index in [2.05, 4.69) is 13.8 Å². The lowest BCUT2D eigenvalue weighted by Gasteiger charge is -2.25. The van der Waals surface area contributed by atoms with Crippen molar-refractivity contribution in [3.63, 3.8) is 0 Å². The monoisotopic (exact) mass is 401 g/mol. The first-order valence-corrected chi connectivity index (χ1v) is 9.93. The van der Waals surface area contributed by atoms with Crippen molar-refractivity contribution >= 4 is 17.4 Å². The van der Waals surface area contributed by atoms with Crippen LogP contribution in [0.1, 0.15) is 48.3 Å². The number of likely N-dealkylation sites (tertiary alicyclic amines) is 1. The molecule has 2 aromatic carbocycles. The van der Waals surface area contributed by atoms with E-state index < -0.39 is 17.7 Å². The highest BCUT2D eigenvalue weighted by Gasteiger charge is 2.46. The van der Waals surface area contributed by atoms with E-state index in [0.717, 1.165) is 11.1 Å². The number of benzene rings is 2. The van der Waals surface area contributed by atoms with E-state index in [1.807, 2.05) is 30.3 Å². The lowest BCUT2D eigenvalue weighted by molar-refractivity contribution is -0.140. The zero-order chi connectivity index (χ0) is 21.3. The Balaban J connectivity index is 1.85. The number of ketones is 1. The van der Waals surface area contributed by atoms with E-state index in [1.54, 1.807) is 36.4 Å². The van der Waals surface area contributed by atoms with Crippen LogP contribution in [0.15, 0.2) is 83.0 Å². The lowest BCUT2D eigenvalue weighted by Crippen LogP contribution is -2.29. The highest BCUT2D eigenvalue weighted by molar-refractivity contribution is 6.46. The maximum absolute atomic E-state index is 13.0. The van der Waals surface area contributed by atoms with Crippen LogP contribution in [0.2, 0.25) is 0 Å². The molecule has 0 bridgehead atoms. The molecule has 0 saturated carbocycles. The van der Waals surface area contributed by atoms with Crippen LogP contribution < -0.4 is 0 Å². The van der Waals surface area contributed by atoms with Gasteiger partial charge in [-0.15, -0.1) is 0 Å². The number of nitrogens with zero attached hydrogens (tertiary/aromatic N) is 1. The van der Waals surface area contributed by atoms with Crippen molar-refractivity contribution in [3.8, 4) is 0 Å². The molecule has 5 heteroatoms. The van der Waals surface area contributed by atoms with Crippen LogP contribution in [0.4, 0.5) is 0 Å². The second kappa shape index (κ2) is 8.03. The summed E-state index contributed by atoms with van der Waals surface area (Å²) >= 11 is 0. The largest absolute Gasteiger partial charge is 0.507 e. The van der Waals surface area contributed by atoms with Gasteiger partial charge < -0.3 is 14.4 Å². The summed E-state index contributed by atoms with van der Waals surface area (Å²) < 4.78 is 5.41. The minimum atomic E-state index is -0.698. The molecule has 0 spiro atoms. The van der Waals surface area contributed by atoms with E-state index in [9.17, 15) is 14.7 Å². The van der Waals surface area contributed by atoms with Gasteiger partial charge in [0.2, 0.25) is 0 Å². The van der Waals surface area contributed by atoms with Crippen molar-refractivity contribution in [3.05, 3.63) is 101 Å². The zero-order valence-corrected chi connectivity index (χ0v) is 16.9. The van der Waals surface area contributed by atoms with Crippen LogP contribution in [0.25, 0.3) is 5.76 Å². The Morgan fingerprint density at radius 1 is 1.00 bits per heavy atom. The van der Waals surface area contributed by atoms with Crippen LogP contribution in [-0.4, -0.2) is 21.7 Å². The van der Waals surface area contributed by atoms with Gasteiger partial charge in [-0.3, -0.25) is 9.59 Å². The van der Waals surface area contributed by atoms with Crippen molar-refractivity contribution in [1.29, 1.82) is 0 Å². The van der Waals surface area contributed by atoms with Crippen LogP contribution in [-0.2, 0) is 16.1 Å². The summed E-state index contributed by atoms with van der Waals surface area (Å²) in [4.78, 5) is 27.4. The summed E-state index contributed by atoms with van der Waals surface area (Å²) in [5.41, 5.74) is 2.51. The fraction of sp³-hybridized carbons (Fsp3) is 0.200. The summed E-state index contributed by atoms with van der Waals surface area (Å²) in [6.07, 6.45) is 1.53. The summed E-state index contributed by atoms with van der Waals surface area (Å²) in [5.74, 6) is -0.588. The molecule has 0 unspecified atom stereocenters. The van der Waals surface area contributed by atoms with Crippen molar-refractivity contribution in [2.75, 3.05) is 0 Å². The van der Waals surface area contributed by atoms with E-state index in [0.29, 0.717) is 17.2 Å². The van der Waals surface area contributed by atoms with Gasteiger partial charge in [0.15, 0.2) is 0 Å². The molecule has 1 N–H and O–H groups in total. The van der Waals surface area contributed by atoms with Crippen LogP contribution in [0.5, 0.6) is 0 Å². The van der Waals surface area contributed by atoms with E-state index >= 15 is 0 Å². The molecular weight excluding hydrogens is 378 g/mol. The van der Waals surface area contributed by atoms with Gasteiger partial charge in [0, 0.05) is 5.56 Å². The third kappa shape index (κ3) is 3.54. The fourth-order valence-corrected chi connectivity index (χ4v) is 3.77. The fourth-order valence-electron chi connectivity index (χ4n) is 3.77. The third-order valence-electron chi connectivity index (χ3n) is 5.41. The molecule has 1 aliphatic heterocycles. The molecule has 152 valence electrons. The summed E-state index contributed by atoms with van der Waals surface area (Å²) in [6, 6.07) is 19.4. The molecular formula is C25H23NO4. The first kappa shape index (κ1) is 19.7. The maximum Gasteiger partial charge on any atom is 0.296 e. The van der Waals surface area contributed by atoms with Gasteiger partial charge in [-0.25, -0.2) is 0 Å². The second-order valence-corrected chi connectivity index (χ2v) is 7.69. The van der Waals surface area contributed by atoms with Crippen molar-refractivity contribution in [2.45, 2.75) is 32.4 Å². The van der Waals surface area contributed by atoms with Gasteiger partial charge in [0.25, 0.3) is 11.7 Å². The van der Waals surface area contributed by atoms with Gasteiger partial charge in [-0.05, 0) is 29.2 Å². The number of hydrogen-bond acceptors (Lipinski definition) is 4. The topological polar surface area (TPSA) is 70.8 Å². The van der Waals surface area contributed by atoms with Crippen LogP contribution >= 0.6 is 0 Å². The first-order valence-electron chi connectivity index (χ1n) is 9.93. The number of aliphatic hydroxyl groups is 1. The second-order valence-electron chi connectivity index (χ2n) is 7.69. The van der Waals surface area contributed by atoms with E-state index in [4.69, 9.17) is 4.42 Å². The zero-order valence-electron chi connectivity index (χ0n) is 16.9. The molecule has 1 saturated heterocycles. The number of furan rings is 1. The molecule has 1 aromatic heterocycles.